The van der Waals surface area contributed by atoms with Crippen LogP contribution in [0.4, 0.5) is 13.6 Å². The average Bonchev–Trinajstić information content (AvgIpc) is 2.80. The molecule has 0 aliphatic rings. The van der Waals surface area contributed by atoms with Crippen LogP contribution in [-0.2, 0) is 6.42 Å². The number of nitrogens with zero attached hydrogens (tertiary/aromatic N) is 3. The van der Waals surface area contributed by atoms with E-state index in [1.165, 1.54) is 49.9 Å². The first-order valence-corrected chi connectivity index (χ1v) is 10.7. The van der Waals surface area contributed by atoms with E-state index in [1.54, 1.807) is 12.1 Å². The molecule has 170 valence electrons. The fraction of sp³-hybridized carbons (Fsp3) is 0.280. The summed E-state index contributed by atoms with van der Waals surface area (Å²) in [5.41, 5.74) is 1.53. The Kier molecular flexibility index (Phi) is 8.42. The lowest BCUT2D eigenvalue weighted by molar-refractivity contribution is 0.147. The van der Waals surface area contributed by atoms with Crippen molar-refractivity contribution in [2.45, 2.75) is 45.4 Å². The quantitative estimate of drug-likeness (QED) is 0.213. The van der Waals surface area contributed by atoms with Crippen LogP contribution >= 0.6 is 0 Å². The molecule has 0 aliphatic heterocycles. The lowest BCUT2D eigenvalue weighted by atomic mass is 10.0. The van der Waals surface area contributed by atoms with Crippen molar-refractivity contribution in [2.75, 3.05) is 0 Å². The minimum absolute atomic E-state index is 0.138. The standard InChI is InChI=1S/C25H23F2N3O3/c1-2-3-4-5-6-7-17-8-11-21(23(27)12-17)19-15-29-24(30-16-19)33-25(31)32-20-10-9-18(14-28)22(26)13-20/h8-13,15-16H,2-7H2,1H3. The van der Waals surface area contributed by atoms with E-state index < -0.39 is 12.0 Å². The van der Waals surface area contributed by atoms with Crippen molar-refractivity contribution in [3.8, 4) is 29.0 Å². The van der Waals surface area contributed by atoms with E-state index in [4.69, 9.17) is 14.7 Å². The molecule has 0 N–H and O–H groups in total. The van der Waals surface area contributed by atoms with E-state index in [9.17, 15) is 13.6 Å². The van der Waals surface area contributed by atoms with E-state index in [0.717, 1.165) is 30.9 Å². The van der Waals surface area contributed by atoms with Crippen LogP contribution in [0, 0.1) is 23.0 Å². The Morgan fingerprint density at radius 2 is 1.73 bits per heavy atom. The molecular weight excluding hydrogens is 428 g/mol. The zero-order valence-electron chi connectivity index (χ0n) is 18.2. The first kappa shape index (κ1) is 23.8. The summed E-state index contributed by atoms with van der Waals surface area (Å²) in [7, 11) is 0. The molecular formula is C25H23F2N3O3. The molecule has 0 fully saturated rings. The second-order valence-electron chi connectivity index (χ2n) is 7.44. The molecule has 0 amide bonds. The predicted molar refractivity (Wildman–Crippen MR) is 118 cm³/mol. The summed E-state index contributed by atoms with van der Waals surface area (Å²) in [6.45, 7) is 2.17. The van der Waals surface area contributed by atoms with Crippen LogP contribution in [0.3, 0.4) is 0 Å². The molecule has 0 unspecified atom stereocenters. The number of hydrogen-bond acceptors (Lipinski definition) is 6. The summed E-state index contributed by atoms with van der Waals surface area (Å²) in [4.78, 5) is 19.7. The Morgan fingerprint density at radius 3 is 2.39 bits per heavy atom. The highest BCUT2D eigenvalue weighted by atomic mass is 19.1. The Bertz CT molecular complexity index is 1140. The van der Waals surface area contributed by atoms with Gasteiger partial charge in [-0.05, 0) is 36.6 Å². The van der Waals surface area contributed by atoms with Gasteiger partial charge in [-0.25, -0.2) is 23.5 Å². The number of halogens is 2. The van der Waals surface area contributed by atoms with Gasteiger partial charge in [-0.15, -0.1) is 0 Å². The molecule has 33 heavy (non-hydrogen) atoms. The third-order valence-corrected chi connectivity index (χ3v) is 4.98. The molecule has 0 atom stereocenters. The fourth-order valence-corrected chi connectivity index (χ4v) is 3.23. The van der Waals surface area contributed by atoms with Crippen LogP contribution < -0.4 is 9.47 Å². The number of unbranched alkanes of at least 4 members (excludes halogenated alkanes) is 4. The Labute approximate surface area is 190 Å². The second-order valence-corrected chi connectivity index (χ2v) is 7.44. The summed E-state index contributed by atoms with van der Waals surface area (Å²) in [6.07, 6.45) is 8.08. The number of aromatic nitrogens is 2. The largest absolute Gasteiger partial charge is 0.521 e. The fourth-order valence-electron chi connectivity index (χ4n) is 3.23. The summed E-state index contributed by atoms with van der Waals surface area (Å²) < 4.78 is 37.9. The monoisotopic (exact) mass is 451 g/mol. The first-order valence-electron chi connectivity index (χ1n) is 10.7. The van der Waals surface area contributed by atoms with Gasteiger partial charge in [-0.3, -0.25) is 0 Å². The number of rotatable bonds is 9. The molecule has 0 saturated carbocycles. The maximum Gasteiger partial charge on any atom is 0.521 e. The van der Waals surface area contributed by atoms with Crippen LogP contribution in [0.25, 0.3) is 11.1 Å². The minimum Gasteiger partial charge on any atom is -0.395 e. The van der Waals surface area contributed by atoms with Gasteiger partial charge >= 0.3 is 12.2 Å². The number of ether oxygens (including phenoxy) is 2. The number of benzene rings is 2. The topological polar surface area (TPSA) is 85.1 Å². The molecule has 3 aromatic rings. The number of carbonyl (C=O) groups excluding carboxylic acids is 1. The molecule has 0 radical (unpaired) electrons. The molecule has 6 nitrogen and oxygen atoms in total. The van der Waals surface area contributed by atoms with E-state index in [2.05, 4.69) is 16.9 Å². The Hall–Kier alpha value is -3.86. The summed E-state index contributed by atoms with van der Waals surface area (Å²) in [6, 6.07) is 9.77. The van der Waals surface area contributed by atoms with Gasteiger partial charge in [0.15, 0.2) is 0 Å². The van der Waals surface area contributed by atoms with Gasteiger partial charge < -0.3 is 9.47 Å². The van der Waals surface area contributed by atoms with Crippen LogP contribution in [0.2, 0.25) is 0 Å². The van der Waals surface area contributed by atoms with E-state index >= 15 is 0 Å². The summed E-state index contributed by atoms with van der Waals surface area (Å²) >= 11 is 0. The third kappa shape index (κ3) is 6.81. The van der Waals surface area contributed by atoms with Gasteiger partial charge in [0.25, 0.3) is 0 Å². The van der Waals surface area contributed by atoms with Crippen LogP contribution in [0.5, 0.6) is 11.8 Å². The maximum atomic E-state index is 14.6. The van der Waals surface area contributed by atoms with Crippen LogP contribution in [-0.4, -0.2) is 16.1 Å². The molecule has 0 aliphatic carbocycles. The van der Waals surface area contributed by atoms with Gasteiger partial charge in [0.05, 0.1) is 5.56 Å². The SMILES string of the molecule is CCCCCCCc1ccc(-c2cnc(OC(=O)Oc3ccc(C#N)c(F)c3)nc2)c(F)c1. The second kappa shape index (κ2) is 11.7. The van der Waals surface area contributed by atoms with Crippen molar-refractivity contribution in [2.24, 2.45) is 0 Å². The molecule has 1 heterocycles. The van der Waals surface area contributed by atoms with Gasteiger partial charge in [-0.1, -0.05) is 44.7 Å². The zero-order chi connectivity index (χ0) is 23.6. The van der Waals surface area contributed by atoms with Crippen molar-refractivity contribution in [1.82, 2.24) is 9.97 Å². The summed E-state index contributed by atoms with van der Waals surface area (Å²) in [5.74, 6) is -1.34. The van der Waals surface area contributed by atoms with Gasteiger partial charge in [0.1, 0.15) is 23.5 Å². The normalized spacial score (nSPS) is 10.5. The van der Waals surface area contributed by atoms with Crippen LogP contribution in [0.1, 0.15) is 50.2 Å². The number of carbonyl (C=O) groups is 1. The van der Waals surface area contributed by atoms with Crippen molar-refractivity contribution >= 4 is 6.16 Å². The average molecular weight is 451 g/mol. The molecule has 0 saturated heterocycles. The molecule has 2 aromatic carbocycles. The highest BCUT2D eigenvalue weighted by Crippen LogP contribution is 2.24. The molecule has 3 rings (SSSR count). The van der Waals surface area contributed by atoms with E-state index in [0.29, 0.717) is 11.1 Å². The molecule has 1 aromatic heterocycles. The van der Waals surface area contributed by atoms with Gasteiger partial charge in [0.2, 0.25) is 0 Å². The number of aryl methyl sites for hydroxylation is 1. The predicted octanol–water partition coefficient (Wildman–Crippen LogP) is 6.38. The van der Waals surface area contributed by atoms with Crippen molar-refractivity contribution in [3.63, 3.8) is 0 Å². The maximum absolute atomic E-state index is 14.6. The Balaban J connectivity index is 1.57. The highest BCUT2D eigenvalue weighted by Gasteiger charge is 2.13. The van der Waals surface area contributed by atoms with Crippen molar-refractivity contribution in [1.29, 1.82) is 5.26 Å². The Morgan fingerprint density at radius 1 is 0.970 bits per heavy atom. The minimum atomic E-state index is -1.18. The number of hydrogen-bond donors (Lipinski definition) is 0. The third-order valence-electron chi connectivity index (χ3n) is 4.98. The van der Waals surface area contributed by atoms with Crippen molar-refractivity contribution < 1.29 is 23.0 Å². The zero-order valence-corrected chi connectivity index (χ0v) is 18.2. The smallest absolute Gasteiger partial charge is 0.395 e. The lowest BCUT2D eigenvalue weighted by Gasteiger charge is -2.08. The van der Waals surface area contributed by atoms with Gasteiger partial charge in [-0.2, -0.15) is 5.26 Å². The molecule has 0 spiro atoms. The molecule has 8 heteroatoms. The van der Waals surface area contributed by atoms with Crippen LogP contribution in [0.15, 0.2) is 48.8 Å². The summed E-state index contributed by atoms with van der Waals surface area (Å²) in [5, 5.41) is 8.72. The van der Waals surface area contributed by atoms with E-state index in [1.807, 2.05) is 6.07 Å². The first-order chi connectivity index (χ1) is 16.0. The highest BCUT2D eigenvalue weighted by molar-refractivity contribution is 5.67. The van der Waals surface area contributed by atoms with Gasteiger partial charge in [0, 0.05) is 29.6 Å². The molecule has 0 bridgehead atoms. The lowest BCUT2D eigenvalue weighted by Crippen LogP contribution is -2.15. The number of nitriles is 1. The van der Waals surface area contributed by atoms with E-state index in [-0.39, 0.29) is 23.1 Å². The van der Waals surface area contributed by atoms with Crippen molar-refractivity contribution in [3.05, 3.63) is 71.6 Å².